The Balaban J connectivity index is 2.18. The second-order valence-corrected chi connectivity index (χ2v) is 6.18. The summed E-state index contributed by atoms with van der Waals surface area (Å²) in [6.07, 6.45) is 2.72. The van der Waals surface area contributed by atoms with E-state index in [9.17, 15) is 0 Å². The molecule has 0 amide bonds. The second kappa shape index (κ2) is 7.34. The summed E-state index contributed by atoms with van der Waals surface area (Å²) in [6, 6.07) is 0.654. The van der Waals surface area contributed by atoms with Crippen molar-refractivity contribution in [3.63, 3.8) is 0 Å². The van der Waals surface area contributed by atoms with Crippen molar-refractivity contribution in [3.8, 4) is 0 Å². The molecular formula is C14H31N3. The van der Waals surface area contributed by atoms with E-state index in [1.165, 1.54) is 32.5 Å². The molecule has 0 radical (unpaired) electrons. The van der Waals surface area contributed by atoms with Crippen LogP contribution in [0.3, 0.4) is 0 Å². The molecule has 3 heteroatoms. The van der Waals surface area contributed by atoms with Gasteiger partial charge < -0.3 is 15.1 Å². The van der Waals surface area contributed by atoms with Gasteiger partial charge >= 0.3 is 0 Å². The van der Waals surface area contributed by atoms with E-state index in [1.807, 2.05) is 0 Å². The molecule has 1 unspecified atom stereocenters. The van der Waals surface area contributed by atoms with Crippen LogP contribution in [0.4, 0.5) is 0 Å². The summed E-state index contributed by atoms with van der Waals surface area (Å²) in [6.45, 7) is 9.48. The maximum absolute atomic E-state index is 3.67. The number of piperidine rings is 1. The van der Waals surface area contributed by atoms with Gasteiger partial charge in [0.05, 0.1) is 0 Å². The van der Waals surface area contributed by atoms with Crippen LogP contribution in [0.15, 0.2) is 0 Å². The highest BCUT2D eigenvalue weighted by Crippen LogP contribution is 2.15. The van der Waals surface area contributed by atoms with Crippen LogP contribution in [0.5, 0.6) is 0 Å². The Kier molecular flexibility index (Phi) is 6.45. The van der Waals surface area contributed by atoms with Gasteiger partial charge in [-0.2, -0.15) is 0 Å². The van der Waals surface area contributed by atoms with Crippen molar-refractivity contribution in [2.24, 2.45) is 11.8 Å². The Morgan fingerprint density at radius 2 is 1.82 bits per heavy atom. The highest BCUT2D eigenvalue weighted by Gasteiger charge is 2.18. The minimum Gasteiger partial charge on any atom is -0.315 e. The average Bonchev–Trinajstić information content (AvgIpc) is 2.25. The summed E-state index contributed by atoms with van der Waals surface area (Å²) < 4.78 is 0. The van der Waals surface area contributed by atoms with Crippen LogP contribution in [0.25, 0.3) is 0 Å². The number of likely N-dealkylation sites (N-methyl/N-ethyl adjacent to an activating group) is 1. The standard InChI is InChI=1S/C14H31N3/c1-12(2)14(16(3)4)11-15-10-13-6-8-17(5)9-7-13/h12-15H,6-11H2,1-5H3. The van der Waals surface area contributed by atoms with Crippen molar-refractivity contribution in [2.45, 2.75) is 32.7 Å². The lowest BCUT2D eigenvalue weighted by Gasteiger charge is -2.31. The van der Waals surface area contributed by atoms with Gasteiger partial charge in [-0.25, -0.2) is 0 Å². The van der Waals surface area contributed by atoms with E-state index in [4.69, 9.17) is 0 Å². The fraction of sp³-hybridized carbons (Fsp3) is 1.00. The molecule has 17 heavy (non-hydrogen) atoms. The predicted octanol–water partition coefficient (Wildman–Crippen LogP) is 1.50. The third kappa shape index (κ3) is 5.36. The zero-order valence-corrected chi connectivity index (χ0v) is 12.4. The molecule has 1 atom stereocenters. The molecule has 0 bridgehead atoms. The van der Waals surface area contributed by atoms with E-state index in [-0.39, 0.29) is 0 Å². The molecule has 3 nitrogen and oxygen atoms in total. The minimum absolute atomic E-state index is 0.654. The van der Waals surface area contributed by atoms with Crippen molar-refractivity contribution < 1.29 is 0 Å². The lowest BCUT2D eigenvalue weighted by molar-refractivity contribution is 0.198. The van der Waals surface area contributed by atoms with Gasteiger partial charge in [0.2, 0.25) is 0 Å². The van der Waals surface area contributed by atoms with Crippen LogP contribution in [0.1, 0.15) is 26.7 Å². The molecular weight excluding hydrogens is 210 g/mol. The van der Waals surface area contributed by atoms with E-state index in [1.54, 1.807) is 0 Å². The van der Waals surface area contributed by atoms with Crippen molar-refractivity contribution in [3.05, 3.63) is 0 Å². The molecule has 0 aromatic rings. The Morgan fingerprint density at radius 1 is 1.24 bits per heavy atom. The molecule has 1 heterocycles. The van der Waals surface area contributed by atoms with Crippen LogP contribution < -0.4 is 5.32 Å². The largest absolute Gasteiger partial charge is 0.315 e. The maximum atomic E-state index is 3.67. The van der Waals surface area contributed by atoms with Gasteiger partial charge in [0.25, 0.3) is 0 Å². The molecule has 0 spiro atoms. The summed E-state index contributed by atoms with van der Waals surface area (Å²) >= 11 is 0. The minimum atomic E-state index is 0.654. The topological polar surface area (TPSA) is 18.5 Å². The third-order valence-corrected chi connectivity index (χ3v) is 4.06. The van der Waals surface area contributed by atoms with Gasteiger partial charge in [0.15, 0.2) is 0 Å². The average molecular weight is 241 g/mol. The molecule has 1 aliphatic heterocycles. The van der Waals surface area contributed by atoms with E-state index in [2.05, 4.69) is 50.1 Å². The molecule has 1 rings (SSSR count). The molecule has 0 saturated carbocycles. The van der Waals surface area contributed by atoms with Crippen molar-refractivity contribution >= 4 is 0 Å². The molecule has 1 N–H and O–H groups in total. The fourth-order valence-electron chi connectivity index (χ4n) is 2.72. The Hall–Kier alpha value is -0.120. The van der Waals surface area contributed by atoms with Crippen LogP contribution in [-0.2, 0) is 0 Å². The summed E-state index contributed by atoms with van der Waals surface area (Å²) in [5.41, 5.74) is 0. The Bertz CT molecular complexity index is 188. The Morgan fingerprint density at radius 3 is 2.29 bits per heavy atom. The van der Waals surface area contributed by atoms with Crippen LogP contribution in [0.2, 0.25) is 0 Å². The monoisotopic (exact) mass is 241 g/mol. The fourth-order valence-corrected chi connectivity index (χ4v) is 2.72. The summed E-state index contributed by atoms with van der Waals surface area (Å²) in [5, 5.41) is 3.67. The number of rotatable bonds is 6. The number of hydrogen-bond donors (Lipinski definition) is 1. The van der Waals surface area contributed by atoms with Gasteiger partial charge in [-0.3, -0.25) is 0 Å². The quantitative estimate of drug-likeness (QED) is 0.760. The molecule has 0 aromatic carbocycles. The predicted molar refractivity (Wildman–Crippen MR) is 75.4 cm³/mol. The maximum Gasteiger partial charge on any atom is 0.0237 e. The zero-order valence-electron chi connectivity index (χ0n) is 12.4. The first kappa shape index (κ1) is 14.9. The zero-order chi connectivity index (χ0) is 12.8. The van der Waals surface area contributed by atoms with Crippen LogP contribution in [0, 0.1) is 11.8 Å². The summed E-state index contributed by atoms with van der Waals surface area (Å²) in [4.78, 5) is 4.78. The Labute approximate surface area is 108 Å². The number of hydrogen-bond acceptors (Lipinski definition) is 3. The molecule has 102 valence electrons. The lowest BCUT2D eigenvalue weighted by atomic mass is 9.96. The number of nitrogens with one attached hydrogen (secondary N) is 1. The van der Waals surface area contributed by atoms with Crippen molar-refractivity contribution in [1.29, 1.82) is 0 Å². The van der Waals surface area contributed by atoms with Gasteiger partial charge in [-0.1, -0.05) is 13.8 Å². The highest BCUT2D eigenvalue weighted by molar-refractivity contribution is 4.76. The summed E-state index contributed by atoms with van der Waals surface area (Å²) in [5.74, 6) is 1.61. The van der Waals surface area contributed by atoms with Gasteiger partial charge in [-0.15, -0.1) is 0 Å². The van der Waals surface area contributed by atoms with Crippen LogP contribution in [-0.4, -0.2) is 63.2 Å². The lowest BCUT2D eigenvalue weighted by Crippen LogP contribution is -2.43. The van der Waals surface area contributed by atoms with Gasteiger partial charge in [0, 0.05) is 12.6 Å². The van der Waals surface area contributed by atoms with Crippen molar-refractivity contribution in [1.82, 2.24) is 15.1 Å². The molecule has 1 aliphatic rings. The molecule has 0 aromatic heterocycles. The first-order chi connectivity index (χ1) is 8.00. The molecule has 0 aliphatic carbocycles. The van der Waals surface area contributed by atoms with E-state index >= 15 is 0 Å². The van der Waals surface area contributed by atoms with Crippen LogP contribution >= 0.6 is 0 Å². The van der Waals surface area contributed by atoms with E-state index in [0.29, 0.717) is 6.04 Å². The first-order valence-corrected chi connectivity index (χ1v) is 7.06. The molecule has 1 saturated heterocycles. The third-order valence-electron chi connectivity index (χ3n) is 4.06. The highest BCUT2D eigenvalue weighted by atomic mass is 15.1. The number of nitrogens with zero attached hydrogens (tertiary/aromatic N) is 2. The summed E-state index contributed by atoms with van der Waals surface area (Å²) in [7, 11) is 6.59. The number of likely N-dealkylation sites (tertiary alicyclic amines) is 1. The SMILES string of the molecule is CC(C)C(CNCC1CCN(C)CC1)N(C)C. The van der Waals surface area contributed by atoms with Crippen molar-refractivity contribution in [2.75, 3.05) is 47.3 Å². The molecule has 1 fully saturated rings. The first-order valence-electron chi connectivity index (χ1n) is 7.06. The normalized spacial score (nSPS) is 21.4. The van der Waals surface area contributed by atoms with Gasteiger partial charge in [-0.05, 0) is 65.5 Å². The van der Waals surface area contributed by atoms with E-state index < -0.39 is 0 Å². The second-order valence-electron chi connectivity index (χ2n) is 6.18. The van der Waals surface area contributed by atoms with E-state index in [0.717, 1.165) is 18.4 Å². The van der Waals surface area contributed by atoms with Gasteiger partial charge in [0.1, 0.15) is 0 Å². The smallest absolute Gasteiger partial charge is 0.0237 e.